The lowest BCUT2D eigenvalue weighted by Crippen LogP contribution is -1.94. The van der Waals surface area contributed by atoms with Gasteiger partial charge in [0.05, 0.1) is 18.9 Å². The third-order valence-electron chi connectivity index (χ3n) is 2.37. The van der Waals surface area contributed by atoms with Gasteiger partial charge in [0.1, 0.15) is 9.88 Å². The van der Waals surface area contributed by atoms with Gasteiger partial charge in [-0.25, -0.2) is 9.78 Å². The lowest BCUT2D eigenvalue weighted by Gasteiger charge is -2.01. The predicted octanol–water partition coefficient (Wildman–Crippen LogP) is 3.29. The van der Waals surface area contributed by atoms with Gasteiger partial charge in [-0.2, -0.15) is 0 Å². The first-order valence-corrected chi connectivity index (χ1v) is 6.29. The molecule has 0 atom stereocenters. The fraction of sp³-hybridized carbons (Fsp3) is 0.231. The van der Waals surface area contributed by atoms with E-state index in [4.69, 9.17) is 9.84 Å². The Morgan fingerprint density at radius 1 is 1.32 bits per heavy atom. The predicted molar refractivity (Wildman–Crippen MR) is 76.0 cm³/mol. The number of carboxylic acids is 1. The van der Waals surface area contributed by atoms with Gasteiger partial charge >= 0.3 is 5.97 Å². The molecule has 0 unspecified atom stereocenters. The Labute approximate surface area is 121 Å². The molecule has 0 aliphatic heterocycles. The average Bonchev–Trinajstić information content (AvgIpc) is 2.72. The van der Waals surface area contributed by atoms with Gasteiger partial charge in [0.2, 0.25) is 0 Å². The molecule has 1 aromatic heterocycles. The smallest absolute Gasteiger partial charge is 0.347 e. The van der Waals surface area contributed by atoms with Gasteiger partial charge in [-0.3, -0.25) is 0 Å². The number of aryl methyl sites for hydroxylation is 1. The first-order chi connectivity index (χ1) is 8.66. The fourth-order valence-corrected chi connectivity index (χ4v) is 2.38. The molecule has 2 rings (SSSR count). The van der Waals surface area contributed by atoms with Gasteiger partial charge in [-0.05, 0) is 12.5 Å². The van der Waals surface area contributed by atoms with Gasteiger partial charge in [-0.1, -0.05) is 30.3 Å². The van der Waals surface area contributed by atoms with Crippen molar-refractivity contribution in [2.45, 2.75) is 20.1 Å². The maximum absolute atomic E-state index is 10.9. The quantitative estimate of drug-likeness (QED) is 0.920. The van der Waals surface area contributed by atoms with Gasteiger partial charge in [-0.15, -0.1) is 23.7 Å². The number of ether oxygens (including phenoxy) is 1. The summed E-state index contributed by atoms with van der Waals surface area (Å²) in [6, 6.07) is 9.82. The molecule has 1 aromatic carbocycles. The third-order valence-corrected chi connectivity index (χ3v) is 3.49. The van der Waals surface area contributed by atoms with Crippen LogP contribution in [0.15, 0.2) is 30.3 Å². The summed E-state index contributed by atoms with van der Waals surface area (Å²) in [5.41, 5.74) is 1.63. The largest absolute Gasteiger partial charge is 0.477 e. The highest BCUT2D eigenvalue weighted by atomic mass is 35.5. The van der Waals surface area contributed by atoms with Crippen LogP contribution in [0.4, 0.5) is 0 Å². The number of hydrogen-bond acceptors (Lipinski definition) is 4. The second-order valence-electron chi connectivity index (χ2n) is 3.81. The molecule has 102 valence electrons. The third kappa shape index (κ3) is 4.31. The van der Waals surface area contributed by atoms with E-state index >= 15 is 0 Å². The van der Waals surface area contributed by atoms with Crippen LogP contribution >= 0.6 is 23.7 Å². The highest BCUT2D eigenvalue weighted by molar-refractivity contribution is 7.13. The minimum Gasteiger partial charge on any atom is -0.477 e. The lowest BCUT2D eigenvalue weighted by atomic mass is 10.2. The molecule has 0 aliphatic rings. The van der Waals surface area contributed by atoms with Gasteiger partial charge in [0.15, 0.2) is 0 Å². The zero-order valence-corrected chi connectivity index (χ0v) is 12.0. The van der Waals surface area contributed by atoms with Crippen molar-refractivity contribution < 1.29 is 14.6 Å². The molecule has 1 heterocycles. The second kappa shape index (κ2) is 7.23. The Morgan fingerprint density at radius 2 is 2.00 bits per heavy atom. The summed E-state index contributed by atoms with van der Waals surface area (Å²) >= 11 is 1.17. The van der Waals surface area contributed by atoms with Crippen LogP contribution in [0.3, 0.4) is 0 Å². The average molecular weight is 300 g/mol. The number of halogens is 1. The van der Waals surface area contributed by atoms with Crippen molar-refractivity contribution in [1.29, 1.82) is 0 Å². The molecule has 4 nitrogen and oxygen atoms in total. The van der Waals surface area contributed by atoms with E-state index in [1.807, 2.05) is 30.3 Å². The number of aromatic carboxylic acids is 1. The van der Waals surface area contributed by atoms with E-state index in [1.54, 1.807) is 6.92 Å². The highest BCUT2D eigenvalue weighted by Crippen LogP contribution is 2.19. The first-order valence-electron chi connectivity index (χ1n) is 5.48. The van der Waals surface area contributed by atoms with Crippen LogP contribution in [0.25, 0.3) is 0 Å². The summed E-state index contributed by atoms with van der Waals surface area (Å²) in [4.78, 5) is 15.3. The fourth-order valence-electron chi connectivity index (χ4n) is 1.54. The molecule has 0 aliphatic carbocycles. The zero-order valence-electron chi connectivity index (χ0n) is 10.3. The Bertz CT molecular complexity index is 542. The van der Waals surface area contributed by atoms with Crippen LogP contribution in [-0.4, -0.2) is 16.1 Å². The van der Waals surface area contributed by atoms with E-state index in [1.165, 1.54) is 11.3 Å². The number of rotatable bonds is 5. The minimum atomic E-state index is -0.931. The lowest BCUT2D eigenvalue weighted by molar-refractivity contribution is 0.0701. The molecule has 6 heteroatoms. The molecule has 0 fully saturated rings. The Morgan fingerprint density at radius 3 is 2.58 bits per heavy atom. The van der Waals surface area contributed by atoms with E-state index in [-0.39, 0.29) is 17.3 Å². The molecule has 2 aromatic rings. The number of aromatic nitrogens is 1. The van der Waals surface area contributed by atoms with Crippen LogP contribution in [0.2, 0.25) is 0 Å². The molecule has 19 heavy (non-hydrogen) atoms. The number of nitrogens with zero attached hydrogens (tertiary/aromatic N) is 1. The van der Waals surface area contributed by atoms with Crippen molar-refractivity contribution >= 4 is 29.7 Å². The molecule has 0 radical (unpaired) electrons. The highest BCUT2D eigenvalue weighted by Gasteiger charge is 2.13. The maximum atomic E-state index is 10.9. The summed E-state index contributed by atoms with van der Waals surface area (Å²) in [6.07, 6.45) is 0. The molecular weight excluding hydrogens is 286 g/mol. The van der Waals surface area contributed by atoms with Crippen LogP contribution < -0.4 is 0 Å². The van der Waals surface area contributed by atoms with Crippen LogP contribution in [0.1, 0.15) is 25.9 Å². The van der Waals surface area contributed by atoms with E-state index in [9.17, 15) is 4.79 Å². The Kier molecular flexibility index (Phi) is 5.95. The van der Waals surface area contributed by atoms with Crippen molar-refractivity contribution in [3.63, 3.8) is 0 Å². The Hall–Kier alpha value is -1.43. The summed E-state index contributed by atoms with van der Waals surface area (Å²) < 4.78 is 5.51. The number of benzene rings is 1. The minimum absolute atomic E-state index is 0. The Balaban J connectivity index is 0.00000180. The second-order valence-corrected chi connectivity index (χ2v) is 4.89. The molecule has 0 saturated heterocycles. The van der Waals surface area contributed by atoms with E-state index in [0.717, 1.165) is 5.56 Å². The topological polar surface area (TPSA) is 59.4 Å². The van der Waals surface area contributed by atoms with Crippen molar-refractivity contribution in [2.75, 3.05) is 0 Å². The molecule has 1 N–H and O–H groups in total. The van der Waals surface area contributed by atoms with Crippen molar-refractivity contribution in [3.05, 3.63) is 51.5 Å². The zero-order chi connectivity index (χ0) is 13.0. The molecular formula is C13H14ClNO3S. The van der Waals surface area contributed by atoms with E-state index < -0.39 is 5.97 Å². The first kappa shape index (κ1) is 15.6. The van der Waals surface area contributed by atoms with Crippen molar-refractivity contribution in [3.8, 4) is 0 Å². The van der Waals surface area contributed by atoms with Crippen molar-refractivity contribution in [1.82, 2.24) is 4.98 Å². The summed E-state index contributed by atoms with van der Waals surface area (Å²) in [5, 5.41) is 9.61. The molecule has 0 saturated carbocycles. The van der Waals surface area contributed by atoms with Gasteiger partial charge < -0.3 is 9.84 Å². The summed E-state index contributed by atoms with van der Waals surface area (Å²) in [5.74, 6) is -0.931. The van der Waals surface area contributed by atoms with Gasteiger partial charge in [0.25, 0.3) is 0 Å². The van der Waals surface area contributed by atoms with Gasteiger partial charge in [0, 0.05) is 0 Å². The number of carboxylic acid groups (broad SMARTS) is 1. The van der Waals surface area contributed by atoms with E-state index in [2.05, 4.69) is 4.98 Å². The normalized spacial score (nSPS) is 9.95. The monoisotopic (exact) mass is 299 g/mol. The molecule has 0 spiro atoms. The standard InChI is InChI=1S/C13H13NO3S.ClH/c1-9-12(13(15)16)18-11(14-9)8-17-7-10-5-3-2-4-6-10;/h2-6H,7-8H2,1H3,(H,15,16);1H. The molecule has 0 bridgehead atoms. The molecule has 0 amide bonds. The number of carbonyl (C=O) groups is 1. The summed E-state index contributed by atoms with van der Waals surface area (Å²) in [6.45, 7) is 2.54. The van der Waals surface area contributed by atoms with Crippen LogP contribution in [0.5, 0.6) is 0 Å². The van der Waals surface area contributed by atoms with Crippen LogP contribution in [-0.2, 0) is 18.0 Å². The maximum Gasteiger partial charge on any atom is 0.347 e. The number of thiazole rings is 1. The van der Waals surface area contributed by atoms with Crippen LogP contribution in [0, 0.1) is 6.92 Å². The number of hydrogen-bond donors (Lipinski definition) is 1. The summed E-state index contributed by atoms with van der Waals surface area (Å²) in [7, 11) is 0. The SMILES string of the molecule is Cc1nc(COCc2ccccc2)sc1C(=O)O.Cl. The van der Waals surface area contributed by atoms with E-state index in [0.29, 0.717) is 23.9 Å². The van der Waals surface area contributed by atoms with Crippen molar-refractivity contribution in [2.24, 2.45) is 0 Å².